The monoisotopic (exact) mass is 262 g/mol. The fourth-order valence-corrected chi connectivity index (χ4v) is 2.01. The smallest absolute Gasteiger partial charge is 0.134 e. The number of likely N-dealkylation sites (N-methyl/N-ethyl adjacent to an activating group) is 1. The molecule has 4 nitrogen and oxygen atoms in total. The number of aromatic nitrogens is 2. The van der Waals surface area contributed by atoms with Crippen LogP contribution in [0.5, 0.6) is 0 Å². The molecule has 0 bridgehead atoms. The SMILES string of the molecule is CN(c1cc(Cl)ncn1)[C@H]1CCCNC1.Cl. The molecule has 1 aromatic rings. The average molecular weight is 263 g/mol. The zero-order chi connectivity index (χ0) is 10.7. The Hall–Kier alpha value is -0.580. The minimum atomic E-state index is 0. The Morgan fingerprint density at radius 2 is 2.31 bits per heavy atom. The molecule has 2 heterocycles. The zero-order valence-corrected chi connectivity index (χ0v) is 10.8. The van der Waals surface area contributed by atoms with Crippen molar-refractivity contribution in [1.82, 2.24) is 15.3 Å². The van der Waals surface area contributed by atoms with Gasteiger partial charge in [0.05, 0.1) is 0 Å². The summed E-state index contributed by atoms with van der Waals surface area (Å²) in [6, 6.07) is 2.31. The standard InChI is InChI=1S/C10H15ClN4.ClH/c1-15(8-3-2-4-12-6-8)10-5-9(11)13-7-14-10;/h5,7-8,12H,2-4,6H2,1H3;1H/t8-;/m0./s1. The predicted molar refractivity (Wildman–Crippen MR) is 68.6 cm³/mol. The third kappa shape index (κ3) is 3.20. The lowest BCUT2D eigenvalue weighted by Crippen LogP contribution is -2.44. The molecule has 0 aromatic carbocycles. The molecule has 1 aliphatic rings. The first-order valence-electron chi connectivity index (χ1n) is 5.18. The first-order valence-corrected chi connectivity index (χ1v) is 5.56. The van der Waals surface area contributed by atoms with E-state index in [9.17, 15) is 0 Å². The molecule has 0 amide bonds. The Bertz CT molecular complexity index is 328. The van der Waals surface area contributed by atoms with Crippen molar-refractivity contribution >= 4 is 29.8 Å². The van der Waals surface area contributed by atoms with Gasteiger partial charge in [0, 0.05) is 25.7 Å². The van der Waals surface area contributed by atoms with Crippen molar-refractivity contribution in [2.45, 2.75) is 18.9 Å². The Balaban J connectivity index is 0.00000128. The molecule has 0 saturated carbocycles. The van der Waals surface area contributed by atoms with E-state index in [-0.39, 0.29) is 12.4 Å². The van der Waals surface area contributed by atoms with E-state index in [4.69, 9.17) is 11.6 Å². The van der Waals surface area contributed by atoms with Crippen LogP contribution in [0.25, 0.3) is 0 Å². The van der Waals surface area contributed by atoms with Crippen molar-refractivity contribution in [2.24, 2.45) is 0 Å². The molecule has 6 heteroatoms. The van der Waals surface area contributed by atoms with Crippen LogP contribution in [-0.4, -0.2) is 36.1 Å². The van der Waals surface area contributed by atoms with Gasteiger partial charge < -0.3 is 10.2 Å². The summed E-state index contributed by atoms with van der Waals surface area (Å²) < 4.78 is 0. The maximum absolute atomic E-state index is 5.83. The van der Waals surface area contributed by atoms with Crippen LogP contribution < -0.4 is 10.2 Å². The molecule has 1 fully saturated rings. The average Bonchev–Trinajstić information content (AvgIpc) is 2.29. The number of halogens is 2. The summed E-state index contributed by atoms with van der Waals surface area (Å²) in [5.74, 6) is 0.892. The highest BCUT2D eigenvalue weighted by Crippen LogP contribution is 2.18. The maximum Gasteiger partial charge on any atom is 0.134 e. The Kier molecular flexibility index (Phi) is 5.25. The van der Waals surface area contributed by atoms with E-state index < -0.39 is 0 Å². The zero-order valence-electron chi connectivity index (χ0n) is 9.19. The van der Waals surface area contributed by atoms with Gasteiger partial charge in [-0.2, -0.15) is 0 Å². The Morgan fingerprint density at radius 3 is 2.94 bits per heavy atom. The fourth-order valence-electron chi connectivity index (χ4n) is 1.87. The minimum Gasteiger partial charge on any atom is -0.355 e. The van der Waals surface area contributed by atoms with Gasteiger partial charge in [-0.25, -0.2) is 9.97 Å². The van der Waals surface area contributed by atoms with Crippen LogP contribution in [0.3, 0.4) is 0 Å². The molecule has 1 N–H and O–H groups in total. The lowest BCUT2D eigenvalue weighted by molar-refractivity contribution is 0.443. The number of anilines is 1. The van der Waals surface area contributed by atoms with Gasteiger partial charge in [0.1, 0.15) is 17.3 Å². The van der Waals surface area contributed by atoms with Crippen LogP contribution in [0.2, 0.25) is 5.15 Å². The fraction of sp³-hybridized carbons (Fsp3) is 0.600. The third-order valence-corrected chi connectivity index (χ3v) is 3.01. The van der Waals surface area contributed by atoms with Crippen LogP contribution in [0.15, 0.2) is 12.4 Å². The number of piperidine rings is 1. The van der Waals surface area contributed by atoms with Gasteiger partial charge >= 0.3 is 0 Å². The molecule has 90 valence electrons. The number of hydrogen-bond acceptors (Lipinski definition) is 4. The van der Waals surface area contributed by atoms with Gasteiger partial charge in [-0.05, 0) is 19.4 Å². The summed E-state index contributed by atoms with van der Waals surface area (Å²) in [4.78, 5) is 10.3. The molecule has 0 aliphatic carbocycles. The third-order valence-electron chi connectivity index (χ3n) is 2.80. The molecule has 0 radical (unpaired) electrons. The van der Waals surface area contributed by atoms with Crippen molar-refractivity contribution in [2.75, 3.05) is 25.0 Å². The van der Waals surface area contributed by atoms with Crippen molar-refractivity contribution in [1.29, 1.82) is 0 Å². The van der Waals surface area contributed by atoms with E-state index in [0.29, 0.717) is 11.2 Å². The summed E-state index contributed by atoms with van der Waals surface area (Å²) in [6.07, 6.45) is 3.92. The summed E-state index contributed by atoms with van der Waals surface area (Å²) >= 11 is 5.83. The summed E-state index contributed by atoms with van der Waals surface area (Å²) in [5.41, 5.74) is 0. The molecule has 16 heavy (non-hydrogen) atoms. The molecule has 1 saturated heterocycles. The second-order valence-electron chi connectivity index (χ2n) is 3.81. The molecule has 0 unspecified atom stereocenters. The van der Waals surface area contributed by atoms with Crippen LogP contribution in [-0.2, 0) is 0 Å². The van der Waals surface area contributed by atoms with E-state index in [0.717, 1.165) is 18.9 Å². The van der Waals surface area contributed by atoms with Gasteiger partial charge in [0.2, 0.25) is 0 Å². The normalized spacial score (nSPS) is 20.0. The molecule has 0 spiro atoms. The maximum atomic E-state index is 5.83. The topological polar surface area (TPSA) is 41.1 Å². The van der Waals surface area contributed by atoms with Crippen molar-refractivity contribution in [3.05, 3.63) is 17.5 Å². The lowest BCUT2D eigenvalue weighted by atomic mass is 10.1. The second-order valence-corrected chi connectivity index (χ2v) is 4.20. The highest BCUT2D eigenvalue weighted by atomic mass is 35.5. The largest absolute Gasteiger partial charge is 0.355 e. The van der Waals surface area contributed by atoms with E-state index in [1.807, 2.05) is 0 Å². The van der Waals surface area contributed by atoms with E-state index in [1.54, 1.807) is 6.07 Å². The predicted octanol–water partition coefficient (Wildman–Crippen LogP) is 1.74. The number of hydrogen-bond donors (Lipinski definition) is 1. The lowest BCUT2D eigenvalue weighted by Gasteiger charge is -2.32. The highest BCUT2D eigenvalue weighted by molar-refractivity contribution is 6.29. The summed E-state index contributed by atoms with van der Waals surface area (Å²) in [7, 11) is 2.05. The minimum absolute atomic E-state index is 0. The molecule has 1 atom stereocenters. The van der Waals surface area contributed by atoms with E-state index >= 15 is 0 Å². The van der Waals surface area contributed by atoms with Gasteiger partial charge in [-0.15, -0.1) is 12.4 Å². The number of nitrogens with one attached hydrogen (secondary N) is 1. The highest BCUT2D eigenvalue weighted by Gasteiger charge is 2.18. The summed E-state index contributed by atoms with van der Waals surface area (Å²) in [6.45, 7) is 2.13. The summed E-state index contributed by atoms with van der Waals surface area (Å²) in [5, 5.41) is 3.88. The van der Waals surface area contributed by atoms with Crippen LogP contribution >= 0.6 is 24.0 Å². The van der Waals surface area contributed by atoms with Crippen molar-refractivity contribution < 1.29 is 0 Å². The molecule has 1 aliphatic heterocycles. The van der Waals surface area contributed by atoms with Crippen molar-refractivity contribution in [3.8, 4) is 0 Å². The first kappa shape index (κ1) is 13.5. The van der Waals surface area contributed by atoms with Crippen LogP contribution in [0.1, 0.15) is 12.8 Å². The molecular weight excluding hydrogens is 247 g/mol. The quantitative estimate of drug-likeness (QED) is 0.825. The number of nitrogens with zero attached hydrogens (tertiary/aromatic N) is 3. The molecule has 2 rings (SSSR count). The second kappa shape index (κ2) is 6.23. The van der Waals surface area contributed by atoms with E-state index in [1.165, 1.54) is 19.2 Å². The molecule has 1 aromatic heterocycles. The van der Waals surface area contributed by atoms with Gasteiger partial charge in [0.25, 0.3) is 0 Å². The van der Waals surface area contributed by atoms with Crippen LogP contribution in [0.4, 0.5) is 5.82 Å². The van der Waals surface area contributed by atoms with Crippen LogP contribution in [0, 0.1) is 0 Å². The van der Waals surface area contributed by atoms with Gasteiger partial charge in [-0.3, -0.25) is 0 Å². The van der Waals surface area contributed by atoms with Gasteiger partial charge in [-0.1, -0.05) is 11.6 Å². The molecular formula is C10H16Cl2N4. The number of rotatable bonds is 2. The Morgan fingerprint density at radius 1 is 1.50 bits per heavy atom. The first-order chi connectivity index (χ1) is 7.27. The Labute approximate surface area is 107 Å². The van der Waals surface area contributed by atoms with Crippen molar-refractivity contribution in [3.63, 3.8) is 0 Å². The van der Waals surface area contributed by atoms with Gasteiger partial charge in [0.15, 0.2) is 0 Å². The van der Waals surface area contributed by atoms with E-state index in [2.05, 4.69) is 27.2 Å².